The van der Waals surface area contributed by atoms with Crippen molar-refractivity contribution < 1.29 is 9.84 Å². The lowest BCUT2D eigenvalue weighted by Crippen LogP contribution is -2.51. The second-order valence-corrected chi connectivity index (χ2v) is 6.83. The summed E-state index contributed by atoms with van der Waals surface area (Å²) < 4.78 is 5.93. The van der Waals surface area contributed by atoms with Crippen molar-refractivity contribution in [3.05, 3.63) is 42.5 Å². The molecular weight excluding hydrogens is 312 g/mol. The lowest BCUT2D eigenvalue weighted by Gasteiger charge is -2.38. The first kappa shape index (κ1) is 18.2. The zero-order valence-electron chi connectivity index (χ0n) is 15.2. The maximum absolute atomic E-state index is 9.42. The standard InChI is InChI=1S/C21H30N2O2/c1-2-20(17-24)23-13-11-22(12-14-23)10-5-15-25-21-9-8-18-6-3-4-7-19(18)16-21/h3-4,6-9,16,20,24H,2,5,10-15,17H2,1H3. The zero-order chi connectivity index (χ0) is 17.5. The second kappa shape index (κ2) is 9.18. The summed E-state index contributed by atoms with van der Waals surface area (Å²) in [6.07, 6.45) is 2.07. The first-order valence-corrected chi connectivity index (χ1v) is 9.49. The van der Waals surface area contributed by atoms with Crippen LogP contribution in [-0.4, -0.2) is 66.9 Å². The van der Waals surface area contributed by atoms with Crippen molar-refractivity contribution in [1.29, 1.82) is 0 Å². The van der Waals surface area contributed by atoms with Crippen molar-refractivity contribution >= 4 is 10.8 Å². The lowest BCUT2D eigenvalue weighted by molar-refractivity contribution is 0.0617. The van der Waals surface area contributed by atoms with Crippen LogP contribution < -0.4 is 4.74 Å². The van der Waals surface area contributed by atoms with E-state index in [0.29, 0.717) is 6.04 Å². The summed E-state index contributed by atoms with van der Waals surface area (Å²) in [7, 11) is 0. The fourth-order valence-corrected chi connectivity index (χ4v) is 3.59. The smallest absolute Gasteiger partial charge is 0.119 e. The van der Waals surface area contributed by atoms with E-state index in [-0.39, 0.29) is 6.61 Å². The van der Waals surface area contributed by atoms with Gasteiger partial charge in [-0.1, -0.05) is 37.3 Å². The van der Waals surface area contributed by atoms with Gasteiger partial charge in [0.15, 0.2) is 0 Å². The Morgan fingerprint density at radius 1 is 1.04 bits per heavy atom. The highest BCUT2D eigenvalue weighted by molar-refractivity contribution is 5.83. The van der Waals surface area contributed by atoms with Crippen LogP contribution in [0.1, 0.15) is 19.8 Å². The van der Waals surface area contributed by atoms with E-state index >= 15 is 0 Å². The highest BCUT2D eigenvalue weighted by Crippen LogP contribution is 2.20. The maximum atomic E-state index is 9.42. The summed E-state index contributed by atoms with van der Waals surface area (Å²) in [6.45, 7) is 8.56. The molecule has 1 unspecified atom stereocenters. The van der Waals surface area contributed by atoms with Gasteiger partial charge in [-0.3, -0.25) is 4.90 Å². The van der Waals surface area contributed by atoms with E-state index < -0.39 is 0 Å². The molecule has 0 spiro atoms. The van der Waals surface area contributed by atoms with Crippen LogP contribution in [0.2, 0.25) is 0 Å². The van der Waals surface area contributed by atoms with E-state index in [1.807, 2.05) is 0 Å². The third kappa shape index (κ3) is 4.94. The van der Waals surface area contributed by atoms with Crippen LogP contribution in [0.4, 0.5) is 0 Å². The molecule has 25 heavy (non-hydrogen) atoms. The fourth-order valence-electron chi connectivity index (χ4n) is 3.59. The number of hydrogen-bond donors (Lipinski definition) is 1. The Morgan fingerprint density at radius 2 is 1.80 bits per heavy atom. The first-order valence-electron chi connectivity index (χ1n) is 9.49. The topological polar surface area (TPSA) is 35.9 Å². The Labute approximate surface area is 151 Å². The fraction of sp³-hybridized carbons (Fsp3) is 0.524. The molecule has 0 bridgehead atoms. The second-order valence-electron chi connectivity index (χ2n) is 6.83. The quantitative estimate of drug-likeness (QED) is 0.748. The van der Waals surface area contributed by atoms with E-state index in [2.05, 4.69) is 59.2 Å². The number of piperazine rings is 1. The molecule has 0 amide bonds. The molecular formula is C21H30N2O2. The molecule has 0 aliphatic carbocycles. The number of hydrogen-bond acceptors (Lipinski definition) is 4. The molecule has 0 saturated carbocycles. The molecule has 1 N–H and O–H groups in total. The molecule has 1 heterocycles. The Hall–Kier alpha value is -1.62. The number of aliphatic hydroxyl groups is 1. The van der Waals surface area contributed by atoms with Gasteiger partial charge in [0.2, 0.25) is 0 Å². The average molecular weight is 342 g/mol. The van der Waals surface area contributed by atoms with Crippen molar-refractivity contribution in [2.24, 2.45) is 0 Å². The van der Waals surface area contributed by atoms with Gasteiger partial charge in [-0.25, -0.2) is 0 Å². The molecule has 1 saturated heterocycles. The van der Waals surface area contributed by atoms with Crippen molar-refractivity contribution in [3.63, 3.8) is 0 Å². The molecule has 2 aromatic rings. The number of rotatable bonds is 8. The Bertz CT molecular complexity index is 649. The van der Waals surface area contributed by atoms with Gasteiger partial charge in [0.05, 0.1) is 13.2 Å². The monoisotopic (exact) mass is 342 g/mol. The van der Waals surface area contributed by atoms with Gasteiger partial charge in [0.25, 0.3) is 0 Å². The van der Waals surface area contributed by atoms with Gasteiger partial charge in [-0.05, 0) is 35.7 Å². The maximum Gasteiger partial charge on any atom is 0.119 e. The van der Waals surface area contributed by atoms with E-state index in [1.165, 1.54) is 10.8 Å². The van der Waals surface area contributed by atoms with E-state index in [4.69, 9.17) is 4.74 Å². The summed E-state index contributed by atoms with van der Waals surface area (Å²) in [5.41, 5.74) is 0. The predicted octanol–water partition coefficient (Wildman–Crippen LogP) is 3.00. The molecule has 1 fully saturated rings. The van der Waals surface area contributed by atoms with Gasteiger partial charge in [-0.15, -0.1) is 0 Å². The van der Waals surface area contributed by atoms with E-state index in [0.717, 1.165) is 57.9 Å². The Balaban J connectivity index is 1.37. The minimum atomic E-state index is 0.274. The van der Waals surface area contributed by atoms with Crippen molar-refractivity contribution in [3.8, 4) is 5.75 Å². The van der Waals surface area contributed by atoms with Gasteiger partial charge in [0.1, 0.15) is 5.75 Å². The number of nitrogens with zero attached hydrogens (tertiary/aromatic N) is 2. The third-order valence-corrected chi connectivity index (χ3v) is 5.21. The van der Waals surface area contributed by atoms with Gasteiger partial charge >= 0.3 is 0 Å². The van der Waals surface area contributed by atoms with Crippen LogP contribution in [0.15, 0.2) is 42.5 Å². The number of aliphatic hydroxyl groups excluding tert-OH is 1. The summed E-state index contributed by atoms with van der Waals surface area (Å²) in [5, 5.41) is 11.9. The molecule has 4 nitrogen and oxygen atoms in total. The summed E-state index contributed by atoms with van der Waals surface area (Å²) >= 11 is 0. The highest BCUT2D eigenvalue weighted by Gasteiger charge is 2.21. The van der Waals surface area contributed by atoms with Crippen LogP contribution in [0.3, 0.4) is 0 Å². The normalized spacial score (nSPS) is 17.7. The molecule has 2 aromatic carbocycles. The van der Waals surface area contributed by atoms with E-state index in [9.17, 15) is 5.11 Å². The van der Waals surface area contributed by atoms with Crippen LogP contribution in [0, 0.1) is 0 Å². The zero-order valence-corrected chi connectivity index (χ0v) is 15.2. The Kier molecular flexibility index (Phi) is 6.68. The van der Waals surface area contributed by atoms with Crippen LogP contribution in [0.5, 0.6) is 5.75 Å². The minimum absolute atomic E-state index is 0.274. The summed E-state index contributed by atoms with van der Waals surface area (Å²) in [4.78, 5) is 4.92. The molecule has 1 aliphatic rings. The van der Waals surface area contributed by atoms with Crippen molar-refractivity contribution in [2.75, 3.05) is 45.9 Å². The third-order valence-electron chi connectivity index (χ3n) is 5.21. The summed E-state index contributed by atoms with van der Waals surface area (Å²) in [5.74, 6) is 0.956. The first-order chi connectivity index (χ1) is 12.3. The number of benzene rings is 2. The Morgan fingerprint density at radius 3 is 2.52 bits per heavy atom. The van der Waals surface area contributed by atoms with Crippen LogP contribution in [0.25, 0.3) is 10.8 Å². The average Bonchev–Trinajstić information content (AvgIpc) is 2.67. The number of ether oxygens (including phenoxy) is 1. The van der Waals surface area contributed by atoms with Gasteiger partial charge in [-0.2, -0.15) is 0 Å². The van der Waals surface area contributed by atoms with Crippen molar-refractivity contribution in [1.82, 2.24) is 9.80 Å². The molecule has 0 aromatic heterocycles. The van der Waals surface area contributed by atoms with Crippen LogP contribution >= 0.6 is 0 Å². The minimum Gasteiger partial charge on any atom is -0.494 e. The molecule has 3 rings (SSSR count). The van der Waals surface area contributed by atoms with E-state index in [1.54, 1.807) is 0 Å². The van der Waals surface area contributed by atoms with Crippen LogP contribution in [-0.2, 0) is 0 Å². The van der Waals surface area contributed by atoms with Gasteiger partial charge in [0, 0.05) is 38.8 Å². The SMILES string of the molecule is CCC(CO)N1CCN(CCCOc2ccc3ccccc3c2)CC1. The molecule has 0 radical (unpaired) electrons. The number of fused-ring (bicyclic) bond motifs is 1. The summed E-state index contributed by atoms with van der Waals surface area (Å²) in [6, 6.07) is 15.0. The molecule has 1 atom stereocenters. The predicted molar refractivity (Wildman–Crippen MR) is 103 cm³/mol. The van der Waals surface area contributed by atoms with Gasteiger partial charge < -0.3 is 14.7 Å². The largest absolute Gasteiger partial charge is 0.494 e. The highest BCUT2D eigenvalue weighted by atomic mass is 16.5. The van der Waals surface area contributed by atoms with Crippen molar-refractivity contribution in [2.45, 2.75) is 25.8 Å². The molecule has 136 valence electrons. The lowest BCUT2D eigenvalue weighted by atomic mass is 10.1. The molecule has 1 aliphatic heterocycles. The molecule has 4 heteroatoms.